The Kier molecular flexibility index (Phi) is 4.42. The van der Waals surface area contributed by atoms with Gasteiger partial charge < -0.3 is 10.8 Å². The summed E-state index contributed by atoms with van der Waals surface area (Å²) >= 11 is 1.90. The molecule has 5 nitrogen and oxygen atoms in total. The Bertz CT molecular complexity index is 415. The van der Waals surface area contributed by atoms with E-state index in [1.54, 1.807) is 0 Å². The van der Waals surface area contributed by atoms with Gasteiger partial charge in [0.2, 0.25) is 0 Å². The van der Waals surface area contributed by atoms with E-state index in [4.69, 9.17) is 10.8 Å². The third kappa shape index (κ3) is 2.93. The normalized spacial score (nSPS) is 24.6. The highest BCUT2D eigenvalue weighted by Gasteiger charge is 2.31. The third-order valence-electron chi connectivity index (χ3n) is 3.37. The lowest BCUT2D eigenvalue weighted by Gasteiger charge is -2.23. The molecule has 18 heavy (non-hydrogen) atoms. The van der Waals surface area contributed by atoms with Crippen LogP contribution in [-0.2, 0) is 6.54 Å². The summed E-state index contributed by atoms with van der Waals surface area (Å²) in [6.07, 6.45) is 2.66. The second-order valence-electron chi connectivity index (χ2n) is 4.66. The maximum absolute atomic E-state index is 9.02. The van der Waals surface area contributed by atoms with E-state index in [9.17, 15) is 0 Å². The second kappa shape index (κ2) is 5.86. The summed E-state index contributed by atoms with van der Waals surface area (Å²) in [6.45, 7) is 5.07. The quantitative estimate of drug-likeness (QED) is 0.849. The summed E-state index contributed by atoms with van der Waals surface area (Å²) in [5.74, 6) is 2.25. The molecule has 0 unspecified atom stereocenters. The molecule has 3 N–H and O–H groups in total. The van der Waals surface area contributed by atoms with E-state index in [0.717, 1.165) is 24.4 Å². The fraction of sp³-hybridized carbons (Fsp3) is 0.667. The number of thioether (sulfide) groups is 1. The largest absolute Gasteiger partial charge is 0.396 e. The molecule has 0 saturated carbocycles. The molecule has 100 valence electrons. The van der Waals surface area contributed by atoms with E-state index in [1.807, 2.05) is 24.9 Å². The van der Waals surface area contributed by atoms with Crippen LogP contribution in [0.3, 0.4) is 0 Å². The van der Waals surface area contributed by atoms with Crippen molar-refractivity contribution in [2.24, 2.45) is 0 Å². The van der Waals surface area contributed by atoms with Crippen LogP contribution in [0.4, 0.5) is 5.82 Å². The number of nitrogens with zero attached hydrogens (tertiary/aromatic N) is 3. The minimum Gasteiger partial charge on any atom is -0.396 e. The highest BCUT2D eigenvalue weighted by Crippen LogP contribution is 2.32. The van der Waals surface area contributed by atoms with Crippen LogP contribution in [0.1, 0.15) is 24.7 Å². The molecule has 2 heterocycles. The Morgan fingerprint density at radius 2 is 2.39 bits per heavy atom. The van der Waals surface area contributed by atoms with Gasteiger partial charge in [-0.1, -0.05) is 0 Å². The molecule has 1 aromatic rings. The molecular weight excluding hydrogens is 248 g/mol. The molecule has 1 aliphatic rings. The molecule has 0 amide bonds. The number of nitrogen functional groups attached to an aromatic ring is 1. The molecule has 0 bridgehead atoms. The minimum absolute atomic E-state index is 0.256. The number of nitrogens with two attached hydrogens (primary N) is 1. The van der Waals surface area contributed by atoms with Crippen LogP contribution in [-0.4, -0.2) is 43.7 Å². The lowest BCUT2D eigenvalue weighted by atomic mass is 10.1. The summed E-state index contributed by atoms with van der Waals surface area (Å²) in [7, 11) is 0. The summed E-state index contributed by atoms with van der Waals surface area (Å²) in [6, 6.07) is 0.447. The predicted octanol–water partition coefficient (Wildman–Crippen LogP) is 1.01. The molecular formula is C12H20N4OS. The van der Waals surface area contributed by atoms with Crippen LogP contribution in [0.15, 0.2) is 6.20 Å². The van der Waals surface area contributed by atoms with Gasteiger partial charge >= 0.3 is 0 Å². The topological polar surface area (TPSA) is 75.3 Å². The number of aryl methyl sites for hydroxylation is 1. The lowest BCUT2D eigenvalue weighted by molar-refractivity contribution is 0.226. The first-order valence-corrected chi connectivity index (χ1v) is 7.21. The molecule has 1 aliphatic heterocycles. The Labute approximate surface area is 112 Å². The van der Waals surface area contributed by atoms with E-state index < -0.39 is 0 Å². The molecule has 0 radical (unpaired) electrons. The molecule has 0 aromatic carbocycles. The van der Waals surface area contributed by atoms with Crippen molar-refractivity contribution in [1.82, 2.24) is 14.9 Å². The third-order valence-corrected chi connectivity index (χ3v) is 4.91. The monoisotopic (exact) mass is 268 g/mol. The van der Waals surface area contributed by atoms with Crippen LogP contribution in [0.2, 0.25) is 0 Å². The zero-order chi connectivity index (χ0) is 13.1. The molecule has 0 spiro atoms. The van der Waals surface area contributed by atoms with Gasteiger partial charge in [-0.25, -0.2) is 9.97 Å². The van der Waals surface area contributed by atoms with Crippen molar-refractivity contribution in [3.63, 3.8) is 0 Å². The van der Waals surface area contributed by atoms with Crippen molar-refractivity contribution in [2.75, 3.05) is 18.2 Å². The van der Waals surface area contributed by atoms with Crippen LogP contribution in [0, 0.1) is 6.92 Å². The molecule has 6 heteroatoms. The van der Waals surface area contributed by atoms with Crippen molar-refractivity contribution in [3.05, 3.63) is 17.6 Å². The van der Waals surface area contributed by atoms with Gasteiger partial charge in [0, 0.05) is 42.1 Å². The Balaban J connectivity index is 2.02. The number of anilines is 1. The van der Waals surface area contributed by atoms with Crippen molar-refractivity contribution in [2.45, 2.75) is 38.1 Å². The van der Waals surface area contributed by atoms with E-state index >= 15 is 0 Å². The number of aliphatic hydroxyl groups excluding tert-OH is 1. The first-order valence-electron chi connectivity index (χ1n) is 6.16. The summed E-state index contributed by atoms with van der Waals surface area (Å²) in [4.78, 5) is 10.7. The van der Waals surface area contributed by atoms with Crippen LogP contribution < -0.4 is 5.73 Å². The molecule has 2 atom stereocenters. The highest BCUT2D eigenvalue weighted by molar-refractivity contribution is 8.00. The van der Waals surface area contributed by atoms with Gasteiger partial charge in [0.1, 0.15) is 11.6 Å². The fourth-order valence-electron chi connectivity index (χ4n) is 2.18. The fourth-order valence-corrected chi connectivity index (χ4v) is 3.61. The first-order chi connectivity index (χ1) is 8.61. The zero-order valence-electron chi connectivity index (χ0n) is 10.8. The van der Waals surface area contributed by atoms with Crippen molar-refractivity contribution in [3.8, 4) is 0 Å². The smallest absolute Gasteiger partial charge is 0.131 e. The number of hydrogen-bond donors (Lipinski definition) is 2. The first kappa shape index (κ1) is 13.6. The summed E-state index contributed by atoms with van der Waals surface area (Å²) < 4.78 is 0. The Hall–Kier alpha value is -0.850. The Morgan fingerprint density at radius 3 is 3.06 bits per heavy atom. The number of hydrogen-bond acceptors (Lipinski definition) is 6. The number of aliphatic hydroxyl groups is 1. The van der Waals surface area contributed by atoms with Gasteiger partial charge in [-0.15, -0.1) is 11.8 Å². The van der Waals surface area contributed by atoms with E-state index in [1.165, 1.54) is 0 Å². The number of aromatic nitrogens is 2. The van der Waals surface area contributed by atoms with Gasteiger partial charge in [-0.3, -0.25) is 4.90 Å². The number of rotatable bonds is 4. The maximum atomic E-state index is 9.02. The average Bonchev–Trinajstić information content (AvgIpc) is 2.66. The minimum atomic E-state index is 0.256. The van der Waals surface area contributed by atoms with E-state index in [-0.39, 0.29) is 6.61 Å². The van der Waals surface area contributed by atoms with Gasteiger partial charge in [-0.05, 0) is 20.3 Å². The molecule has 1 saturated heterocycles. The molecule has 1 aromatic heterocycles. The van der Waals surface area contributed by atoms with Gasteiger partial charge in [0.25, 0.3) is 0 Å². The lowest BCUT2D eigenvalue weighted by Crippen LogP contribution is -2.32. The van der Waals surface area contributed by atoms with Gasteiger partial charge in [0.05, 0.1) is 0 Å². The molecule has 0 aliphatic carbocycles. The SMILES string of the molecule is Cc1ncc(CN2CS[C@H](CCO)[C@H]2C)c(N)n1. The summed E-state index contributed by atoms with van der Waals surface area (Å²) in [5.41, 5.74) is 6.90. The van der Waals surface area contributed by atoms with Gasteiger partial charge in [0.15, 0.2) is 0 Å². The van der Waals surface area contributed by atoms with E-state index in [2.05, 4.69) is 21.8 Å². The Morgan fingerprint density at radius 1 is 1.61 bits per heavy atom. The summed E-state index contributed by atoms with van der Waals surface area (Å²) in [5, 5.41) is 9.53. The molecule has 1 fully saturated rings. The maximum Gasteiger partial charge on any atom is 0.131 e. The molecule has 2 rings (SSSR count). The zero-order valence-corrected chi connectivity index (χ0v) is 11.7. The van der Waals surface area contributed by atoms with E-state index in [0.29, 0.717) is 22.9 Å². The standard InChI is InChI=1S/C12H20N4OS/c1-8-11(3-4-17)18-7-16(8)6-10-5-14-9(2)15-12(10)13/h5,8,11,17H,3-4,6-7H2,1-2H3,(H2,13,14,15)/t8-,11-/m1/s1. The average molecular weight is 268 g/mol. The van der Waals surface area contributed by atoms with Crippen LogP contribution >= 0.6 is 11.8 Å². The van der Waals surface area contributed by atoms with Gasteiger partial charge in [-0.2, -0.15) is 0 Å². The van der Waals surface area contributed by atoms with Crippen LogP contribution in [0.5, 0.6) is 0 Å². The van der Waals surface area contributed by atoms with Crippen molar-refractivity contribution in [1.29, 1.82) is 0 Å². The second-order valence-corrected chi connectivity index (χ2v) is 5.86. The predicted molar refractivity (Wildman–Crippen MR) is 74.1 cm³/mol. The van der Waals surface area contributed by atoms with Crippen LogP contribution in [0.25, 0.3) is 0 Å². The van der Waals surface area contributed by atoms with Crippen molar-refractivity contribution < 1.29 is 5.11 Å². The highest BCUT2D eigenvalue weighted by atomic mass is 32.2. The van der Waals surface area contributed by atoms with Crippen molar-refractivity contribution >= 4 is 17.6 Å².